The van der Waals surface area contributed by atoms with Crippen molar-refractivity contribution >= 4 is 50.9 Å². The molecule has 0 bridgehead atoms. The number of hydrogen-bond acceptors (Lipinski definition) is 7. The zero-order valence-electron chi connectivity index (χ0n) is 20.3. The Hall–Kier alpha value is -4.45. The highest BCUT2D eigenvalue weighted by atomic mass is 127. The van der Waals surface area contributed by atoms with Gasteiger partial charge in [0.15, 0.2) is 11.5 Å². The van der Waals surface area contributed by atoms with Gasteiger partial charge in [-0.2, -0.15) is 0 Å². The van der Waals surface area contributed by atoms with Crippen LogP contribution in [0.15, 0.2) is 90.1 Å². The van der Waals surface area contributed by atoms with Gasteiger partial charge in [0.2, 0.25) is 0 Å². The third-order valence-electron chi connectivity index (χ3n) is 5.73. The number of aromatic nitrogens is 3. The monoisotopic (exact) mass is 620 g/mol. The largest absolute Gasteiger partial charge is 0.493 e. The number of aromatic amines is 1. The van der Waals surface area contributed by atoms with E-state index in [0.29, 0.717) is 43.6 Å². The number of halogens is 1. The molecule has 0 aliphatic heterocycles. The maximum atomic E-state index is 13.6. The van der Waals surface area contributed by atoms with Crippen molar-refractivity contribution in [1.82, 2.24) is 15.0 Å². The first kappa shape index (κ1) is 25.2. The third-order valence-corrected chi connectivity index (χ3v) is 6.62. The molecule has 0 radical (unpaired) electrons. The zero-order chi connectivity index (χ0) is 26.6. The Morgan fingerprint density at radius 2 is 1.68 bits per heavy atom. The second-order valence-electron chi connectivity index (χ2n) is 7.99. The van der Waals surface area contributed by atoms with Crippen molar-refractivity contribution in [2.45, 2.75) is 0 Å². The molecule has 0 aliphatic rings. The molecule has 0 unspecified atom stereocenters. The molecule has 0 aliphatic carbocycles. The normalized spacial score (nSPS) is 10.7. The Kier molecular flexibility index (Phi) is 7.22. The number of carbonyl (C=O) groups is 1. The fourth-order valence-electron chi connectivity index (χ4n) is 3.92. The molecule has 0 saturated heterocycles. The maximum Gasteiger partial charge on any atom is 0.270 e. The van der Waals surface area contributed by atoms with E-state index in [1.54, 1.807) is 68.9 Å². The lowest BCUT2D eigenvalue weighted by atomic mass is 10.2. The van der Waals surface area contributed by atoms with Crippen molar-refractivity contribution in [3.8, 4) is 23.0 Å². The van der Waals surface area contributed by atoms with Gasteiger partial charge in [-0.05, 0) is 65.1 Å². The molecule has 5 aromatic rings. The summed E-state index contributed by atoms with van der Waals surface area (Å²) in [4.78, 5) is 39.0. The minimum Gasteiger partial charge on any atom is -0.493 e. The quantitative estimate of drug-likeness (QED) is 0.233. The number of fused-ring (bicyclic) bond motifs is 1. The van der Waals surface area contributed by atoms with Crippen LogP contribution in [0.5, 0.6) is 23.0 Å². The van der Waals surface area contributed by atoms with Crippen LogP contribution in [0.1, 0.15) is 10.4 Å². The van der Waals surface area contributed by atoms with Crippen LogP contribution in [-0.2, 0) is 0 Å². The van der Waals surface area contributed by atoms with E-state index in [2.05, 4.69) is 15.0 Å². The lowest BCUT2D eigenvalue weighted by molar-refractivity contribution is 0.0996. The van der Waals surface area contributed by atoms with E-state index in [4.69, 9.17) is 14.2 Å². The van der Waals surface area contributed by atoms with Gasteiger partial charge in [-0.25, -0.2) is 4.98 Å². The van der Waals surface area contributed by atoms with Gasteiger partial charge >= 0.3 is 0 Å². The summed E-state index contributed by atoms with van der Waals surface area (Å²) in [5, 5.41) is 0.730. The van der Waals surface area contributed by atoms with E-state index >= 15 is 0 Å². The second-order valence-corrected chi connectivity index (χ2v) is 9.16. The summed E-state index contributed by atoms with van der Waals surface area (Å²) in [5.41, 5.74) is 0.804. The van der Waals surface area contributed by atoms with E-state index < -0.39 is 11.5 Å². The number of para-hydroxylation sites is 1. The van der Waals surface area contributed by atoms with E-state index in [9.17, 15) is 9.59 Å². The Labute approximate surface area is 231 Å². The number of anilines is 2. The first-order chi connectivity index (χ1) is 18.5. The van der Waals surface area contributed by atoms with E-state index in [-0.39, 0.29) is 5.56 Å². The first-order valence-electron chi connectivity index (χ1n) is 11.4. The van der Waals surface area contributed by atoms with Gasteiger partial charge in [-0.3, -0.25) is 19.5 Å². The fraction of sp³-hybridized carbons (Fsp3) is 0.0714. The molecular weight excluding hydrogens is 599 g/mol. The van der Waals surface area contributed by atoms with Gasteiger partial charge in [-0.1, -0.05) is 18.2 Å². The molecule has 0 saturated carbocycles. The minimum absolute atomic E-state index is 0.0340. The molecule has 0 atom stereocenters. The molecule has 2 aromatic carbocycles. The summed E-state index contributed by atoms with van der Waals surface area (Å²) >= 11 is 1.98. The highest BCUT2D eigenvalue weighted by Crippen LogP contribution is 2.37. The van der Waals surface area contributed by atoms with Crippen LogP contribution >= 0.6 is 22.6 Å². The standard InChI is InChI=1S/C28H21IN4O5/c1-36-23-14-19-21(15-24(23)37-2)30-13-11-22(19)38-18-8-9-25(32-16-18)33(17-6-4-3-5-7-17)28(35)26-20(29)10-12-31-27(26)34/h3-16H,1-2H3,(H,31,34). The maximum absolute atomic E-state index is 13.6. The van der Waals surface area contributed by atoms with E-state index in [0.717, 1.165) is 5.39 Å². The van der Waals surface area contributed by atoms with Crippen LogP contribution < -0.4 is 24.7 Å². The highest BCUT2D eigenvalue weighted by Gasteiger charge is 2.25. The van der Waals surface area contributed by atoms with Crippen LogP contribution in [0.4, 0.5) is 11.5 Å². The summed E-state index contributed by atoms with van der Waals surface area (Å²) < 4.78 is 17.5. The third kappa shape index (κ3) is 4.90. The van der Waals surface area contributed by atoms with Crippen LogP contribution in [0.3, 0.4) is 0 Å². The predicted molar refractivity (Wildman–Crippen MR) is 152 cm³/mol. The fourth-order valence-corrected chi connectivity index (χ4v) is 4.58. The van der Waals surface area contributed by atoms with Gasteiger partial charge in [-0.15, -0.1) is 0 Å². The van der Waals surface area contributed by atoms with E-state index in [1.165, 1.54) is 17.3 Å². The Morgan fingerprint density at radius 3 is 2.37 bits per heavy atom. The molecule has 10 heteroatoms. The topological polar surface area (TPSA) is 107 Å². The van der Waals surface area contributed by atoms with E-state index in [1.807, 2.05) is 40.8 Å². The molecule has 3 heterocycles. The number of nitrogens with one attached hydrogen (secondary N) is 1. The van der Waals surface area contributed by atoms with Crippen LogP contribution in [-0.4, -0.2) is 35.1 Å². The number of benzene rings is 2. The Balaban J connectivity index is 1.51. The van der Waals surface area contributed by atoms with Crippen LogP contribution in [0, 0.1) is 3.57 Å². The van der Waals surface area contributed by atoms with Crippen molar-refractivity contribution in [1.29, 1.82) is 0 Å². The van der Waals surface area contributed by atoms with Crippen molar-refractivity contribution in [3.63, 3.8) is 0 Å². The first-order valence-corrected chi connectivity index (χ1v) is 12.5. The molecule has 1 amide bonds. The average Bonchev–Trinajstić information content (AvgIpc) is 2.94. The van der Waals surface area contributed by atoms with Crippen molar-refractivity contribution in [2.24, 2.45) is 0 Å². The number of methoxy groups -OCH3 is 2. The van der Waals surface area contributed by atoms with Crippen molar-refractivity contribution < 1.29 is 19.0 Å². The minimum atomic E-state index is -0.496. The van der Waals surface area contributed by atoms with Gasteiger partial charge in [0, 0.05) is 27.4 Å². The number of amides is 1. The average molecular weight is 620 g/mol. The molecule has 9 nitrogen and oxygen atoms in total. The predicted octanol–water partition coefficient (Wildman–Crippen LogP) is 5.71. The van der Waals surface area contributed by atoms with Gasteiger partial charge in [0.1, 0.15) is 22.9 Å². The summed E-state index contributed by atoms with van der Waals surface area (Å²) in [6.45, 7) is 0. The molecule has 1 N–H and O–H groups in total. The van der Waals surface area contributed by atoms with Crippen molar-refractivity contribution in [3.05, 3.63) is 105 Å². The number of ether oxygens (including phenoxy) is 3. The van der Waals surface area contributed by atoms with Gasteiger partial charge in [0.05, 0.1) is 31.6 Å². The number of rotatable bonds is 7. The SMILES string of the molecule is COc1cc2nccc(Oc3ccc(N(C(=O)c4c(I)cc[nH]c4=O)c4ccccc4)nc3)c2cc1OC. The summed E-state index contributed by atoms with van der Waals surface area (Å²) in [6.07, 6.45) is 4.67. The number of carbonyl (C=O) groups excluding carboxylic acids is 1. The number of pyridine rings is 3. The molecule has 0 fully saturated rings. The lowest BCUT2D eigenvalue weighted by Crippen LogP contribution is -2.32. The highest BCUT2D eigenvalue weighted by molar-refractivity contribution is 14.1. The number of hydrogen-bond donors (Lipinski definition) is 1. The number of H-pyrrole nitrogens is 1. The second kappa shape index (κ2) is 10.9. The molecular formula is C28H21IN4O5. The van der Waals surface area contributed by atoms with Crippen molar-refractivity contribution in [2.75, 3.05) is 19.1 Å². The Bertz CT molecular complexity index is 1670. The van der Waals surface area contributed by atoms with Gasteiger partial charge in [0.25, 0.3) is 11.5 Å². The summed E-state index contributed by atoms with van der Waals surface area (Å²) in [7, 11) is 3.13. The molecule has 190 valence electrons. The number of nitrogens with zero attached hydrogens (tertiary/aromatic N) is 3. The molecule has 5 rings (SSSR count). The lowest BCUT2D eigenvalue weighted by Gasteiger charge is -2.22. The molecule has 38 heavy (non-hydrogen) atoms. The van der Waals surface area contributed by atoms with Crippen LogP contribution in [0.25, 0.3) is 10.9 Å². The van der Waals surface area contributed by atoms with Crippen LogP contribution in [0.2, 0.25) is 0 Å². The summed E-state index contributed by atoms with van der Waals surface area (Å²) in [6, 6.07) is 19.4. The van der Waals surface area contributed by atoms with Gasteiger partial charge < -0.3 is 19.2 Å². The molecule has 3 aromatic heterocycles. The smallest absolute Gasteiger partial charge is 0.270 e. The Morgan fingerprint density at radius 1 is 0.921 bits per heavy atom. The zero-order valence-corrected chi connectivity index (χ0v) is 22.5. The summed E-state index contributed by atoms with van der Waals surface area (Å²) in [5.74, 6) is 1.95. The molecule has 0 spiro atoms.